The molecule has 0 aliphatic carbocycles. The van der Waals surface area contributed by atoms with Gasteiger partial charge in [0.05, 0.1) is 13.2 Å². The molecule has 2 heterocycles. The molecule has 2 saturated heterocycles. The van der Waals surface area contributed by atoms with Gasteiger partial charge in [-0.05, 0) is 12.8 Å². The first-order valence-corrected chi connectivity index (χ1v) is 5.86. The zero-order chi connectivity index (χ0) is 12.5. The maximum absolute atomic E-state index is 11.1. The van der Waals surface area contributed by atoms with E-state index in [1.165, 1.54) is 6.92 Å². The maximum Gasteiger partial charge on any atom is 0.303 e. The molecule has 0 aromatic heterocycles. The summed E-state index contributed by atoms with van der Waals surface area (Å²) in [5.74, 6) is -1.62. The first-order valence-electron chi connectivity index (χ1n) is 5.86. The fourth-order valence-electron chi connectivity index (χ4n) is 2.34. The maximum atomic E-state index is 11.1. The predicted octanol–water partition coefficient (Wildman–Crippen LogP) is -0.433. The van der Waals surface area contributed by atoms with E-state index in [0.29, 0.717) is 13.0 Å². The molecule has 0 aromatic carbocycles. The molecule has 0 unspecified atom stereocenters. The van der Waals surface area contributed by atoms with Gasteiger partial charge < -0.3 is 24.4 Å². The first kappa shape index (κ1) is 12.8. The van der Waals surface area contributed by atoms with E-state index in [4.69, 9.17) is 14.2 Å². The lowest BCUT2D eigenvalue weighted by Crippen LogP contribution is -2.64. The van der Waals surface area contributed by atoms with Gasteiger partial charge in [0, 0.05) is 13.3 Å². The van der Waals surface area contributed by atoms with Crippen molar-refractivity contribution in [3.8, 4) is 0 Å². The van der Waals surface area contributed by atoms with Crippen LogP contribution in [0, 0.1) is 0 Å². The standard InChI is InChI=1S/C11H18O6/c1-7(12)17-10-9(14)8(13)6-16-11(10)4-2-3-5-15-11/h8-10,13-14H,2-6H2,1H3/t8-,9-,10+,11-/m0/s1. The molecule has 0 amide bonds. The van der Waals surface area contributed by atoms with E-state index in [1.54, 1.807) is 0 Å². The second-order valence-corrected chi connectivity index (χ2v) is 4.52. The molecule has 17 heavy (non-hydrogen) atoms. The molecule has 1 spiro atoms. The van der Waals surface area contributed by atoms with Crippen LogP contribution >= 0.6 is 0 Å². The average molecular weight is 246 g/mol. The van der Waals surface area contributed by atoms with Gasteiger partial charge in [0.1, 0.15) is 12.2 Å². The minimum absolute atomic E-state index is 0.0149. The van der Waals surface area contributed by atoms with E-state index in [0.717, 1.165) is 12.8 Å². The Morgan fingerprint density at radius 1 is 1.35 bits per heavy atom. The number of hydrogen-bond acceptors (Lipinski definition) is 6. The lowest BCUT2D eigenvalue weighted by molar-refractivity contribution is -0.350. The third-order valence-corrected chi connectivity index (χ3v) is 3.20. The number of carbonyl (C=O) groups is 1. The van der Waals surface area contributed by atoms with Crippen molar-refractivity contribution in [1.82, 2.24) is 0 Å². The average Bonchev–Trinajstić information content (AvgIpc) is 2.31. The Hall–Kier alpha value is -0.690. The van der Waals surface area contributed by atoms with Crippen LogP contribution in [0.5, 0.6) is 0 Å². The Kier molecular flexibility index (Phi) is 3.67. The van der Waals surface area contributed by atoms with Crippen molar-refractivity contribution in [2.75, 3.05) is 13.2 Å². The number of carbonyl (C=O) groups excluding carboxylic acids is 1. The molecule has 2 rings (SSSR count). The van der Waals surface area contributed by atoms with Crippen LogP contribution in [0.15, 0.2) is 0 Å². The van der Waals surface area contributed by atoms with Gasteiger partial charge in [0.25, 0.3) is 0 Å². The second kappa shape index (κ2) is 4.89. The van der Waals surface area contributed by atoms with E-state index < -0.39 is 30.1 Å². The summed E-state index contributed by atoms with van der Waals surface area (Å²) in [6.07, 6.45) is -0.864. The minimum atomic E-state index is -1.18. The van der Waals surface area contributed by atoms with Crippen LogP contribution in [-0.2, 0) is 19.0 Å². The van der Waals surface area contributed by atoms with Crippen LogP contribution in [0.25, 0.3) is 0 Å². The van der Waals surface area contributed by atoms with Crippen LogP contribution in [0.4, 0.5) is 0 Å². The highest BCUT2D eigenvalue weighted by molar-refractivity contribution is 5.66. The quantitative estimate of drug-likeness (QED) is 0.610. The SMILES string of the molecule is CC(=O)O[C@@H]1[C@@H](O)[C@@H](O)CO[C@@]12CCCCO2. The largest absolute Gasteiger partial charge is 0.454 e. The normalized spacial score (nSPS) is 42.4. The number of aliphatic hydroxyl groups excluding tert-OH is 2. The van der Waals surface area contributed by atoms with Crippen molar-refractivity contribution in [2.45, 2.75) is 50.3 Å². The molecular weight excluding hydrogens is 228 g/mol. The van der Waals surface area contributed by atoms with Crippen molar-refractivity contribution < 1.29 is 29.2 Å². The van der Waals surface area contributed by atoms with Crippen LogP contribution in [-0.4, -0.2) is 53.5 Å². The van der Waals surface area contributed by atoms with E-state index in [2.05, 4.69) is 0 Å². The Morgan fingerprint density at radius 3 is 2.71 bits per heavy atom. The third-order valence-electron chi connectivity index (χ3n) is 3.20. The van der Waals surface area contributed by atoms with Gasteiger partial charge in [-0.1, -0.05) is 0 Å². The summed E-state index contributed by atoms with van der Waals surface area (Å²) in [5.41, 5.74) is 0. The number of hydrogen-bond donors (Lipinski definition) is 2. The van der Waals surface area contributed by atoms with Gasteiger partial charge in [-0.3, -0.25) is 4.79 Å². The summed E-state index contributed by atoms with van der Waals surface area (Å²) in [7, 11) is 0. The lowest BCUT2D eigenvalue weighted by Gasteiger charge is -2.47. The molecule has 0 aromatic rings. The van der Waals surface area contributed by atoms with Crippen molar-refractivity contribution in [3.63, 3.8) is 0 Å². The molecule has 0 saturated carbocycles. The monoisotopic (exact) mass is 246 g/mol. The first-order chi connectivity index (χ1) is 8.05. The Balaban J connectivity index is 2.19. The molecule has 2 aliphatic rings. The molecule has 6 heteroatoms. The van der Waals surface area contributed by atoms with E-state index in [1.807, 2.05) is 0 Å². The van der Waals surface area contributed by atoms with E-state index in [9.17, 15) is 15.0 Å². The van der Waals surface area contributed by atoms with Crippen LogP contribution < -0.4 is 0 Å². The minimum Gasteiger partial charge on any atom is -0.454 e. The molecule has 98 valence electrons. The molecule has 0 bridgehead atoms. The summed E-state index contributed by atoms with van der Waals surface area (Å²) < 4.78 is 16.1. The fourth-order valence-corrected chi connectivity index (χ4v) is 2.34. The molecular formula is C11H18O6. The highest BCUT2D eigenvalue weighted by atomic mass is 16.7. The number of ether oxygens (including phenoxy) is 3. The number of esters is 1. The second-order valence-electron chi connectivity index (χ2n) is 4.52. The zero-order valence-electron chi connectivity index (χ0n) is 9.80. The number of rotatable bonds is 1. The fraction of sp³-hybridized carbons (Fsp3) is 0.909. The van der Waals surface area contributed by atoms with Crippen molar-refractivity contribution >= 4 is 5.97 Å². The van der Waals surface area contributed by atoms with E-state index >= 15 is 0 Å². The van der Waals surface area contributed by atoms with Crippen molar-refractivity contribution in [2.24, 2.45) is 0 Å². The Bertz CT molecular complexity index is 286. The van der Waals surface area contributed by atoms with Gasteiger partial charge in [-0.15, -0.1) is 0 Å². The van der Waals surface area contributed by atoms with Gasteiger partial charge >= 0.3 is 5.97 Å². The third kappa shape index (κ3) is 2.44. The summed E-state index contributed by atoms with van der Waals surface area (Å²) in [6.45, 7) is 1.74. The Morgan fingerprint density at radius 2 is 2.12 bits per heavy atom. The highest BCUT2D eigenvalue weighted by Gasteiger charge is 2.54. The van der Waals surface area contributed by atoms with Crippen LogP contribution in [0.3, 0.4) is 0 Å². The lowest BCUT2D eigenvalue weighted by atomic mass is 9.91. The van der Waals surface area contributed by atoms with Gasteiger partial charge in [0.15, 0.2) is 6.10 Å². The molecule has 2 N–H and O–H groups in total. The summed E-state index contributed by atoms with van der Waals surface area (Å²) in [5, 5.41) is 19.5. The predicted molar refractivity (Wildman–Crippen MR) is 56.1 cm³/mol. The van der Waals surface area contributed by atoms with Crippen molar-refractivity contribution in [3.05, 3.63) is 0 Å². The summed E-state index contributed by atoms with van der Waals surface area (Å²) >= 11 is 0. The molecule has 2 aliphatic heterocycles. The van der Waals surface area contributed by atoms with Crippen LogP contribution in [0.2, 0.25) is 0 Å². The van der Waals surface area contributed by atoms with Gasteiger partial charge in [-0.25, -0.2) is 0 Å². The van der Waals surface area contributed by atoms with Gasteiger partial charge in [0.2, 0.25) is 5.79 Å². The highest BCUT2D eigenvalue weighted by Crippen LogP contribution is 2.37. The summed E-state index contributed by atoms with van der Waals surface area (Å²) in [6, 6.07) is 0. The topological polar surface area (TPSA) is 85.2 Å². The number of aliphatic hydroxyl groups is 2. The van der Waals surface area contributed by atoms with Gasteiger partial charge in [-0.2, -0.15) is 0 Å². The molecule has 2 fully saturated rings. The smallest absolute Gasteiger partial charge is 0.303 e. The summed E-state index contributed by atoms with van der Waals surface area (Å²) in [4.78, 5) is 11.1. The van der Waals surface area contributed by atoms with E-state index in [-0.39, 0.29) is 6.61 Å². The Labute approximate surface area is 99.5 Å². The zero-order valence-corrected chi connectivity index (χ0v) is 9.80. The van der Waals surface area contributed by atoms with Crippen LogP contribution in [0.1, 0.15) is 26.2 Å². The molecule has 6 nitrogen and oxygen atoms in total. The molecule has 4 atom stereocenters. The molecule has 0 radical (unpaired) electrons. The van der Waals surface area contributed by atoms with Crippen molar-refractivity contribution in [1.29, 1.82) is 0 Å².